The maximum absolute atomic E-state index is 12.8. The summed E-state index contributed by atoms with van der Waals surface area (Å²) in [6.45, 7) is 4.02. The first kappa shape index (κ1) is 20.0. The summed E-state index contributed by atoms with van der Waals surface area (Å²) < 4.78 is 0. The Kier molecular flexibility index (Phi) is 6.68. The van der Waals surface area contributed by atoms with Crippen molar-refractivity contribution in [3.63, 3.8) is 0 Å². The van der Waals surface area contributed by atoms with E-state index in [2.05, 4.69) is 32.4 Å². The van der Waals surface area contributed by atoms with Gasteiger partial charge in [0.1, 0.15) is 5.65 Å². The lowest BCUT2D eigenvalue weighted by Crippen LogP contribution is -2.50. The summed E-state index contributed by atoms with van der Waals surface area (Å²) in [6.07, 6.45) is 9.27. The fraction of sp³-hybridized carbons (Fsp3) is 0.474. The molecule has 2 aliphatic rings. The summed E-state index contributed by atoms with van der Waals surface area (Å²) in [7, 11) is 0. The average Bonchev–Trinajstić information content (AvgIpc) is 3.17. The van der Waals surface area contributed by atoms with Crippen molar-refractivity contribution < 1.29 is 4.79 Å². The van der Waals surface area contributed by atoms with E-state index in [4.69, 9.17) is 0 Å². The molecule has 146 valence electrons. The monoisotopic (exact) mass is 407 g/mol. The van der Waals surface area contributed by atoms with Crippen molar-refractivity contribution in [2.24, 2.45) is 0 Å². The zero-order valence-electron chi connectivity index (χ0n) is 15.4. The number of piperidine rings is 1. The first-order valence-corrected chi connectivity index (χ1v) is 10.3. The Hall–Kier alpha value is -1.70. The predicted octanol–water partition coefficient (Wildman–Crippen LogP) is 3.03. The molecule has 4 heterocycles. The summed E-state index contributed by atoms with van der Waals surface area (Å²) in [4.78, 5) is 23.2. The lowest BCUT2D eigenvalue weighted by Gasteiger charge is -2.31. The van der Waals surface area contributed by atoms with Crippen LogP contribution in [-0.4, -0.2) is 46.8 Å². The van der Waals surface area contributed by atoms with E-state index in [1.807, 2.05) is 24.5 Å². The van der Waals surface area contributed by atoms with Gasteiger partial charge in [-0.2, -0.15) is 0 Å². The molecule has 2 aromatic heterocycles. The molecule has 1 unspecified atom stereocenters. The molecule has 27 heavy (non-hydrogen) atoms. The number of halogens is 1. The molecule has 3 N–H and O–H groups in total. The van der Waals surface area contributed by atoms with Crippen molar-refractivity contribution >= 4 is 46.8 Å². The maximum atomic E-state index is 12.8. The van der Waals surface area contributed by atoms with Crippen molar-refractivity contribution in [2.45, 2.75) is 38.3 Å². The van der Waals surface area contributed by atoms with Gasteiger partial charge < -0.3 is 20.5 Å². The number of fused-ring (bicyclic) bond motifs is 1. The Morgan fingerprint density at radius 2 is 2.30 bits per heavy atom. The minimum atomic E-state index is 0. The molecule has 0 saturated carbocycles. The number of aromatic nitrogens is 2. The SMILES string of the molecule is CC(NC(=O)C1=CN(c2ccnc3[nH]ccc23)CCS1)[C@H]1CCCCN1.Cl. The molecule has 2 aliphatic heterocycles. The summed E-state index contributed by atoms with van der Waals surface area (Å²) in [5.74, 6) is 0.919. The van der Waals surface area contributed by atoms with Crippen molar-refractivity contribution in [3.8, 4) is 0 Å². The van der Waals surface area contributed by atoms with Crippen LogP contribution in [0.5, 0.6) is 0 Å². The van der Waals surface area contributed by atoms with Crippen molar-refractivity contribution in [2.75, 3.05) is 23.7 Å². The van der Waals surface area contributed by atoms with Crippen LogP contribution in [0.1, 0.15) is 26.2 Å². The first-order chi connectivity index (χ1) is 12.7. The molecule has 6 nitrogen and oxygen atoms in total. The van der Waals surface area contributed by atoms with E-state index in [9.17, 15) is 4.79 Å². The van der Waals surface area contributed by atoms with Gasteiger partial charge in [0, 0.05) is 48.4 Å². The maximum Gasteiger partial charge on any atom is 0.259 e. The molecule has 2 aromatic rings. The largest absolute Gasteiger partial charge is 0.348 e. The molecule has 0 spiro atoms. The second kappa shape index (κ2) is 8.99. The van der Waals surface area contributed by atoms with Crippen LogP contribution in [-0.2, 0) is 4.79 Å². The zero-order chi connectivity index (χ0) is 17.9. The molecule has 0 aromatic carbocycles. The van der Waals surface area contributed by atoms with Gasteiger partial charge in [-0.1, -0.05) is 6.42 Å². The smallest absolute Gasteiger partial charge is 0.259 e. The number of amides is 1. The number of carbonyl (C=O) groups excluding carboxylic acids is 1. The van der Waals surface area contributed by atoms with Gasteiger partial charge in [-0.25, -0.2) is 4.98 Å². The van der Waals surface area contributed by atoms with E-state index in [0.29, 0.717) is 6.04 Å². The number of aromatic amines is 1. The van der Waals surface area contributed by atoms with Crippen LogP contribution in [0, 0.1) is 0 Å². The van der Waals surface area contributed by atoms with E-state index in [1.165, 1.54) is 12.8 Å². The van der Waals surface area contributed by atoms with Gasteiger partial charge in [-0.15, -0.1) is 24.2 Å². The quantitative estimate of drug-likeness (QED) is 0.726. The van der Waals surface area contributed by atoms with Crippen LogP contribution >= 0.6 is 24.2 Å². The van der Waals surface area contributed by atoms with E-state index in [1.54, 1.807) is 18.0 Å². The highest BCUT2D eigenvalue weighted by molar-refractivity contribution is 8.04. The summed E-state index contributed by atoms with van der Waals surface area (Å²) in [6, 6.07) is 4.55. The number of H-pyrrole nitrogens is 1. The molecule has 0 aliphatic carbocycles. The molecule has 1 amide bonds. The second-order valence-corrected chi connectivity index (χ2v) is 8.06. The molecular formula is C19H26ClN5OS. The number of carbonyl (C=O) groups is 1. The lowest BCUT2D eigenvalue weighted by atomic mass is 9.99. The van der Waals surface area contributed by atoms with Gasteiger partial charge in [0.25, 0.3) is 5.91 Å². The van der Waals surface area contributed by atoms with Gasteiger partial charge in [0.2, 0.25) is 0 Å². The highest BCUT2D eigenvalue weighted by Crippen LogP contribution is 2.30. The first-order valence-electron chi connectivity index (χ1n) is 9.30. The second-order valence-electron chi connectivity index (χ2n) is 6.92. The third kappa shape index (κ3) is 4.42. The van der Waals surface area contributed by atoms with Crippen molar-refractivity contribution in [1.29, 1.82) is 0 Å². The van der Waals surface area contributed by atoms with Gasteiger partial charge in [0.05, 0.1) is 10.6 Å². The fourth-order valence-electron chi connectivity index (χ4n) is 3.69. The van der Waals surface area contributed by atoms with Crippen LogP contribution in [0.4, 0.5) is 5.69 Å². The number of rotatable bonds is 4. The summed E-state index contributed by atoms with van der Waals surface area (Å²) in [5, 5.41) is 7.78. The minimum Gasteiger partial charge on any atom is -0.348 e. The number of anilines is 1. The van der Waals surface area contributed by atoms with Crippen molar-refractivity contribution in [1.82, 2.24) is 20.6 Å². The number of pyridine rings is 1. The van der Waals surface area contributed by atoms with E-state index < -0.39 is 0 Å². The number of nitrogens with zero attached hydrogens (tertiary/aromatic N) is 2. The molecule has 4 rings (SSSR count). The Morgan fingerprint density at radius 3 is 3.11 bits per heavy atom. The van der Waals surface area contributed by atoms with Gasteiger partial charge in [-0.05, 0) is 38.4 Å². The van der Waals surface area contributed by atoms with Crippen LogP contribution in [0.3, 0.4) is 0 Å². The Bertz CT molecular complexity index is 817. The van der Waals surface area contributed by atoms with E-state index in [-0.39, 0.29) is 24.4 Å². The van der Waals surface area contributed by atoms with E-state index in [0.717, 1.165) is 46.9 Å². The standard InChI is InChI=1S/C19H25N5OS.ClH/c1-13(15-4-2-3-7-20-15)23-19(25)17-12-24(10-11-26-17)16-6-9-22-18-14(16)5-8-21-18;/h5-6,8-9,12-13,15,20H,2-4,7,10-11H2,1H3,(H,21,22)(H,23,25);1H/t13?,15-;/m1./s1. The van der Waals surface area contributed by atoms with Crippen LogP contribution in [0.15, 0.2) is 35.6 Å². The molecule has 1 saturated heterocycles. The molecule has 0 bridgehead atoms. The Morgan fingerprint density at radius 1 is 1.41 bits per heavy atom. The summed E-state index contributed by atoms with van der Waals surface area (Å²) in [5.41, 5.74) is 1.96. The van der Waals surface area contributed by atoms with Gasteiger partial charge in [-0.3, -0.25) is 4.79 Å². The Balaban J connectivity index is 0.00000210. The van der Waals surface area contributed by atoms with Crippen LogP contribution in [0.25, 0.3) is 11.0 Å². The number of hydrogen-bond donors (Lipinski definition) is 3. The van der Waals surface area contributed by atoms with Crippen molar-refractivity contribution in [3.05, 3.63) is 35.6 Å². The lowest BCUT2D eigenvalue weighted by molar-refractivity contribution is -0.117. The molecule has 1 fully saturated rings. The van der Waals surface area contributed by atoms with Gasteiger partial charge in [0.15, 0.2) is 0 Å². The molecule has 8 heteroatoms. The van der Waals surface area contributed by atoms with Crippen LogP contribution in [0.2, 0.25) is 0 Å². The Labute approximate surface area is 170 Å². The topological polar surface area (TPSA) is 73.0 Å². The number of hydrogen-bond acceptors (Lipinski definition) is 5. The summed E-state index contributed by atoms with van der Waals surface area (Å²) >= 11 is 1.63. The molecule has 2 atom stereocenters. The zero-order valence-corrected chi connectivity index (χ0v) is 17.0. The van der Waals surface area contributed by atoms with Gasteiger partial charge >= 0.3 is 0 Å². The average molecular weight is 408 g/mol. The fourth-order valence-corrected chi connectivity index (χ4v) is 4.59. The van der Waals surface area contributed by atoms with Crippen LogP contribution < -0.4 is 15.5 Å². The van der Waals surface area contributed by atoms with E-state index >= 15 is 0 Å². The predicted molar refractivity (Wildman–Crippen MR) is 114 cm³/mol. The minimum absolute atomic E-state index is 0. The molecular weight excluding hydrogens is 382 g/mol. The molecule has 0 radical (unpaired) electrons. The third-order valence-corrected chi connectivity index (χ3v) is 6.13. The number of nitrogens with one attached hydrogen (secondary N) is 3. The highest BCUT2D eigenvalue weighted by Gasteiger charge is 2.24. The normalized spacial score (nSPS) is 21.3. The highest BCUT2D eigenvalue weighted by atomic mass is 35.5. The third-order valence-electron chi connectivity index (χ3n) is 5.14. The number of thioether (sulfide) groups is 1.